The Labute approximate surface area is 187 Å². The number of anilines is 2. The normalized spacial score (nSPS) is 23.3. The van der Waals surface area contributed by atoms with Crippen molar-refractivity contribution in [2.75, 3.05) is 49.6 Å². The van der Waals surface area contributed by atoms with E-state index in [0.717, 1.165) is 44.8 Å². The second-order valence-corrected chi connectivity index (χ2v) is 10.3. The highest BCUT2D eigenvalue weighted by Crippen LogP contribution is 2.32. The first-order chi connectivity index (χ1) is 14.9. The SMILES string of the molecule is CC(C)(C)OC(=O)c1ccc(N2CCC[C@H]2CN2CCCC2)cc1NC1CCOCC1. The van der Waals surface area contributed by atoms with Crippen LogP contribution in [-0.2, 0) is 9.47 Å². The molecule has 1 aromatic rings. The highest BCUT2D eigenvalue weighted by Gasteiger charge is 2.29. The first-order valence-electron chi connectivity index (χ1n) is 12.1. The second-order valence-electron chi connectivity index (χ2n) is 10.3. The van der Waals surface area contributed by atoms with Gasteiger partial charge in [-0.3, -0.25) is 0 Å². The van der Waals surface area contributed by atoms with Gasteiger partial charge in [-0.1, -0.05) is 0 Å². The summed E-state index contributed by atoms with van der Waals surface area (Å²) in [5, 5.41) is 3.65. The van der Waals surface area contributed by atoms with Gasteiger partial charge in [0.1, 0.15) is 5.60 Å². The van der Waals surface area contributed by atoms with Crippen molar-refractivity contribution >= 4 is 17.3 Å². The number of rotatable bonds is 6. The molecule has 0 unspecified atom stereocenters. The van der Waals surface area contributed by atoms with Crippen LogP contribution in [0.15, 0.2) is 18.2 Å². The molecule has 1 atom stereocenters. The van der Waals surface area contributed by atoms with Crippen molar-refractivity contribution in [3.8, 4) is 0 Å². The van der Waals surface area contributed by atoms with Gasteiger partial charge in [0, 0.05) is 44.1 Å². The van der Waals surface area contributed by atoms with Crippen LogP contribution >= 0.6 is 0 Å². The lowest BCUT2D eigenvalue weighted by Crippen LogP contribution is -2.39. The number of carbonyl (C=O) groups is 1. The van der Waals surface area contributed by atoms with Crippen molar-refractivity contribution < 1.29 is 14.3 Å². The number of nitrogens with zero attached hydrogens (tertiary/aromatic N) is 2. The molecule has 0 saturated carbocycles. The average molecular weight is 430 g/mol. The summed E-state index contributed by atoms with van der Waals surface area (Å²) in [5.41, 5.74) is 2.22. The Morgan fingerprint density at radius 3 is 2.55 bits per heavy atom. The van der Waals surface area contributed by atoms with Crippen molar-refractivity contribution in [3.63, 3.8) is 0 Å². The third-order valence-corrected chi connectivity index (χ3v) is 6.58. The molecule has 0 radical (unpaired) electrons. The average Bonchev–Trinajstić information content (AvgIpc) is 3.40. The van der Waals surface area contributed by atoms with E-state index in [2.05, 4.69) is 27.2 Å². The van der Waals surface area contributed by atoms with Crippen LogP contribution in [-0.4, -0.2) is 67.9 Å². The summed E-state index contributed by atoms with van der Waals surface area (Å²) < 4.78 is 11.2. The Kier molecular flexibility index (Phi) is 7.07. The molecule has 1 aromatic carbocycles. The Bertz CT molecular complexity index is 749. The largest absolute Gasteiger partial charge is 0.456 e. The fourth-order valence-corrected chi connectivity index (χ4v) is 5.03. The van der Waals surface area contributed by atoms with Crippen molar-refractivity contribution in [3.05, 3.63) is 23.8 Å². The lowest BCUT2D eigenvalue weighted by molar-refractivity contribution is 0.00706. The van der Waals surface area contributed by atoms with Crippen LogP contribution in [0.4, 0.5) is 11.4 Å². The third kappa shape index (κ3) is 5.92. The monoisotopic (exact) mass is 429 g/mol. The predicted molar refractivity (Wildman–Crippen MR) is 125 cm³/mol. The molecule has 3 aliphatic rings. The Hall–Kier alpha value is -1.79. The van der Waals surface area contributed by atoms with E-state index in [1.54, 1.807) is 0 Å². The number of benzene rings is 1. The molecule has 0 amide bonds. The molecular formula is C25H39N3O3. The van der Waals surface area contributed by atoms with Gasteiger partial charge in [0.05, 0.1) is 11.3 Å². The zero-order valence-electron chi connectivity index (χ0n) is 19.5. The molecule has 3 fully saturated rings. The number of carbonyl (C=O) groups excluding carboxylic acids is 1. The number of hydrogen-bond donors (Lipinski definition) is 1. The summed E-state index contributed by atoms with van der Waals surface area (Å²) in [6.45, 7) is 12.0. The number of hydrogen-bond acceptors (Lipinski definition) is 6. The molecule has 6 heteroatoms. The van der Waals surface area contributed by atoms with E-state index >= 15 is 0 Å². The smallest absolute Gasteiger partial charge is 0.340 e. The van der Waals surface area contributed by atoms with Gasteiger partial charge in [0.25, 0.3) is 0 Å². The first kappa shape index (κ1) is 22.4. The summed E-state index contributed by atoms with van der Waals surface area (Å²) in [7, 11) is 0. The van der Waals surface area contributed by atoms with Crippen LogP contribution in [0.5, 0.6) is 0 Å². The molecule has 1 N–H and O–H groups in total. The molecule has 172 valence electrons. The molecule has 0 spiro atoms. The van der Waals surface area contributed by atoms with Crippen LogP contribution in [0.25, 0.3) is 0 Å². The van der Waals surface area contributed by atoms with Crippen molar-refractivity contribution in [1.82, 2.24) is 4.90 Å². The number of nitrogens with one attached hydrogen (secondary N) is 1. The predicted octanol–water partition coefficient (Wildman–Crippen LogP) is 4.30. The topological polar surface area (TPSA) is 54.0 Å². The Morgan fingerprint density at radius 2 is 1.84 bits per heavy atom. The van der Waals surface area contributed by atoms with Crippen LogP contribution < -0.4 is 10.2 Å². The molecule has 3 saturated heterocycles. The van der Waals surface area contributed by atoms with Crippen LogP contribution in [0, 0.1) is 0 Å². The maximum absolute atomic E-state index is 12.9. The first-order valence-corrected chi connectivity index (χ1v) is 12.1. The van der Waals surface area contributed by atoms with Gasteiger partial charge in [-0.2, -0.15) is 0 Å². The summed E-state index contributed by atoms with van der Waals surface area (Å²) in [6.07, 6.45) is 7.05. The Morgan fingerprint density at radius 1 is 1.10 bits per heavy atom. The van der Waals surface area contributed by atoms with E-state index in [0.29, 0.717) is 17.6 Å². The lowest BCUT2D eigenvalue weighted by Gasteiger charge is -2.31. The van der Waals surface area contributed by atoms with Gasteiger partial charge >= 0.3 is 5.97 Å². The molecule has 4 rings (SSSR count). The maximum Gasteiger partial charge on any atom is 0.340 e. The highest BCUT2D eigenvalue weighted by atomic mass is 16.6. The van der Waals surface area contributed by atoms with Gasteiger partial charge in [0.2, 0.25) is 0 Å². The fourth-order valence-electron chi connectivity index (χ4n) is 5.03. The van der Waals surface area contributed by atoms with Gasteiger partial charge in [-0.15, -0.1) is 0 Å². The standard InChI is InChI=1S/C25H39N3O3/c1-25(2,3)31-24(29)22-9-8-20(17-23(22)26-19-10-15-30-16-11-19)28-14-6-7-21(28)18-27-12-4-5-13-27/h8-9,17,19,21,26H,4-7,10-16,18H2,1-3H3/t21-/m0/s1. The lowest BCUT2D eigenvalue weighted by atomic mass is 10.1. The van der Waals surface area contributed by atoms with E-state index < -0.39 is 5.60 Å². The van der Waals surface area contributed by atoms with Crippen LogP contribution in [0.3, 0.4) is 0 Å². The minimum absolute atomic E-state index is 0.261. The highest BCUT2D eigenvalue weighted by molar-refractivity contribution is 5.97. The molecule has 0 aliphatic carbocycles. The number of likely N-dealkylation sites (tertiary alicyclic amines) is 1. The van der Waals surface area contributed by atoms with Crippen molar-refractivity contribution in [2.24, 2.45) is 0 Å². The fraction of sp³-hybridized carbons (Fsp3) is 0.720. The molecule has 6 nitrogen and oxygen atoms in total. The summed E-state index contributed by atoms with van der Waals surface area (Å²) >= 11 is 0. The summed E-state index contributed by atoms with van der Waals surface area (Å²) in [4.78, 5) is 18.1. The molecular weight excluding hydrogens is 390 g/mol. The minimum atomic E-state index is -0.512. The summed E-state index contributed by atoms with van der Waals surface area (Å²) in [5.74, 6) is -0.261. The van der Waals surface area contributed by atoms with E-state index in [1.165, 1.54) is 44.5 Å². The molecule has 0 bridgehead atoms. The van der Waals surface area contributed by atoms with E-state index in [9.17, 15) is 4.79 Å². The van der Waals surface area contributed by atoms with E-state index in [-0.39, 0.29) is 5.97 Å². The zero-order valence-corrected chi connectivity index (χ0v) is 19.5. The Balaban J connectivity index is 1.56. The molecule has 3 heterocycles. The minimum Gasteiger partial charge on any atom is -0.456 e. The van der Waals surface area contributed by atoms with E-state index in [4.69, 9.17) is 9.47 Å². The van der Waals surface area contributed by atoms with E-state index in [1.807, 2.05) is 26.8 Å². The summed E-state index contributed by atoms with van der Waals surface area (Å²) in [6, 6.07) is 7.12. The third-order valence-electron chi connectivity index (χ3n) is 6.58. The molecule has 31 heavy (non-hydrogen) atoms. The van der Waals surface area contributed by atoms with Crippen molar-refractivity contribution in [1.29, 1.82) is 0 Å². The van der Waals surface area contributed by atoms with Gasteiger partial charge in [0.15, 0.2) is 0 Å². The second kappa shape index (κ2) is 9.78. The quantitative estimate of drug-likeness (QED) is 0.681. The molecule has 0 aromatic heterocycles. The maximum atomic E-state index is 12.9. The van der Waals surface area contributed by atoms with Gasteiger partial charge in [-0.25, -0.2) is 4.79 Å². The zero-order chi connectivity index (χ0) is 21.8. The van der Waals surface area contributed by atoms with Crippen molar-refractivity contribution in [2.45, 2.75) is 77.0 Å². The van der Waals surface area contributed by atoms with Gasteiger partial charge in [-0.05, 0) is 90.6 Å². The van der Waals surface area contributed by atoms with Crippen LogP contribution in [0.2, 0.25) is 0 Å². The number of esters is 1. The van der Waals surface area contributed by atoms with Crippen LogP contribution in [0.1, 0.15) is 69.7 Å². The van der Waals surface area contributed by atoms with Gasteiger partial charge < -0.3 is 24.6 Å². The molecule has 3 aliphatic heterocycles. The number of ether oxygens (including phenoxy) is 2.